The van der Waals surface area contributed by atoms with Crippen molar-refractivity contribution in [2.75, 3.05) is 30.5 Å². The van der Waals surface area contributed by atoms with Gasteiger partial charge in [0.25, 0.3) is 11.8 Å². The van der Waals surface area contributed by atoms with E-state index in [0.29, 0.717) is 17.5 Å². The van der Waals surface area contributed by atoms with Gasteiger partial charge in [0.05, 0.1) is 11.5 Å². The minimum atomic E-state index is -3.07. The zero-order valence-corrected chi connectivity index (χ0v) is 16.1. The van der Waals surface area contributed by atoms with Crippen LogP contribution >= 0.6 is 0 Å². The number of hydrogen-bond donors (Lipinski definition) is 0. The van der Waals surface area contributed by atoms with Crippen molar-refractivity contribution in [3.63, 3.8) is 0 Å². The third-order valence-electron chi connectivity index (χ3n) is 4.88. The molecule has 0 saturated carbocycles. The van der Waals surface area contributed by atoms with E-state index in [1.54, 1.807) is 38.4 Å². The number of amides is 2. The number of rotatable bonds is 4. The van der Waals surface area contributed by atoms with Crippen LogP contribution in [-0.2, 0) is 9.84 Å². The zero-order chi connectivity index (χ0) is 19.6. The molecule has 0 spiro atoms. The third kappa shape index (κ3) is 4.19. The van der Waals surface area contributed by atoms with E-state index in [1.165, 1.54) is 9.80 Å². The van der Waals surface area contributed by atoms with E-state index in [-0.39, 0.29) is 29.4 Å². The summed E-state index contributed by atoms with van der Waals surface area (Å²) in [5, 5.41) is 0. The monoisotopic (exact) mass is 386 g/mol. The Balaban J connectivity index is 1.79. The van der Waals surface area contributed by atoms with Crippen molar-refractivity contribution >= 4 is 27.3 Å². The number of anilines is 1. The van der Waals surface area contributed by atoms with Crippen LogP contribution in [0.5, 0.6) is 0 Å². The number of sulfone groups is 1. The van der Waals surface area contributed by atoms with Gasteiger partial charge in [-0.2, -0.15) is 0 Å². The first-order chi connectivity index (χ1) is 12.8. The largest absolute Gasteiger partial charge is 0.338 e. The Morgan fingerprint density at radius 3 is 2.15 bits per heavy atom. The predicted molar refractivity (Wildman–Crippen MR) is 105 cm³/mol. The summed E-state index contributed by atoms with van der Waals surface area (Å²) in [5.74, 6) is -0.406. The van der Waals surface area contributed by atoms with Gasteiger partial charge in [0, 0.05) is 37.0 Å². The second kappa shape index (κ2) is 7.52. The molecule has 27 heavy (non-hydrogen) atoms. The Morgan fingerprint density at radius 2 is 1.56 bits per heavy atom. The molecule has 2 aromatic rings. The molecule has 0 aromatic heterocycles. The average molecular weight is 386 g/mol. The summed E-state index contributed by atoms with van der Waals surface area (Å²) in [5.41, 5.74) is 1.53. The molecule has 0 bridgehead atoms. The molecule has 7 heteroatoms. The first-order valence-corrected chi connectivity index (χ1v) is 10.5. The summed E-state index contributed by atoms with van der Waals surface area (Å²) in [4.78, 5) is 28.5. The Hall–Kier alpha value is -2.67. The highest BCUT2D eigenvalue weighted by molar-refractivity contribution is 7.91. The Morgan fingerprint density at radius 1 is 0.926 bits per heavy atom. The molecule has 2 amide bonds. The molecule has 1 unspecified atom stereocenters. The smallest absolute Gasteiger partial charge is 0.258 e. The second-order valence-corrected chi connectivity index (χ2v) is 8.98. The summed E-state index contributed by atoms with van der Waals surface area (Å²) in [6, 6.07) is 15.5. The highest BCUT2D eigenvalue weighted by Gasteiger charge is 2.33. The summed E-state index contributed by atoms with van der Waals surface area (Å²) in [6.45, 7) is 0. The third-order valence-corrected chi connectivity index (χ3v) is 6.63. The van der Waals surface area contributed by atoms with E-state index in [1.807, 2.05) is 30.3 Å². The lowest BCUT2D eigenvalue weighted by Gasteiger charge is -2.24. The molecule has 3 rings (SSSR count). The number of benzene rings is 2. The van der Waals surface area contributed by atoms with Gasteiger partial charge in [-0.1, -0.05) is 24.3 Å². The first-order valence-electron chi connectivity index (χ1n) is 8.69. The normalized spacial score (nSPS) is 18.1. The molecule has 0 radical (unpaired) electrons. The summed E-state index contributed by atoms with van der Waals surface area (Å²) in [7, 11) is 0.217. The van der Waals surface area contributed by atoms with Crippen molar-refractivity contribution in [2.24, 2.45) is 0 Å². The van der Waals surface area contributed by atoms with Crippen molar-refractivity contribution in [3.8, 4) is 0 Å². The summed E-state index contributed by atoms with van der Waals surface area (Å²) < 4.78 is 23.3. The quantitative estimate of drug-likeness (QED) is 0.808. The maximum atomic E-state index is 12.8. The van der Waals surface area contributed by atoms with E-state index in [4.69, 9.17) is 0 Å². The van der Waals surface area contributed by atoms with Gasteiger partial charge in [-0.3, -0.25) is 9.59 Å². The highest BCUT2D eigenvalue weighted by Crippen LogP contribution is 2.20. The molecule has 142 valence electrons. The Kier molecular flexibility index (Phi) is 5.32. The van der Waals surface area contributed by atoms with E-state index in [9.17, 15) is 18.0 Å². The van der Waals surface area contributed by atoms with Gasteiger partial charge in [0.2, 0.25) is 0 Å². The maximum absolute atomic E-state index is 12.8. The summed E-state index contributed by atoms with van der Waals surface area (Å²) in [6.07, 6.45) is 0.444. The average Bonchev–Trinajstić information content (AvgIpc) is 3.06. The van der Waals surface area contributed by atoms with E-state index >= 15 is 0 Å². The van der Waals surface area contributed by atoms with Crippen molar-refractivity contribution < 1.29 is 18.0 Å². The van der Waals surface area contributed by atoms with Gasteiger partial charge >= 0.3 is 0 Å². The molecule has 1 atom stereocenters. The van der Waals surface area contributed by atoms with Gasteiger partial charge in [0.15, 0.2) is 9.84 Å². The molecule has 1 heterocycles. The second-order valence-electron chi connectivity index (χ2n) is 6.75. The fourth-order valence-electron chi connectivity index (χ4n) is 3.20. The van der Waals surface area contributed by atoms with Crippen LogP contribution in [0.1, 0.15) is 27.1 Å². The molecule has 0 N–H and O–H groups in total. The minimum Gasteiger partial charge on any atom is -0.338 e. The molecular weight excluding hydrogens is 364 g/mol. The van der Waals surface area contributed by atoms with Crippen molar-refractivity contribution in [3.05, 3.63) is 65.7 Å². The van der Waals surface area contributed by atoms with E-state index in [0.717, 1.165) is 5.69 Å². The Labute approximate surface area is 159 Å². The SMILES string of the molecule is CN(C(=O)c1cccc(C(=O)N(C)C2CCS(=O)(=O)C2)c1)c1ccccc1. The molecule has 2 aromatic carbocycles. The van der Waals surface area contributed by atoms with Crippen LogP contribution in [0.4, 0.5) is 5.69 Å². The van der Waals surface area contributed by atoms with Crippen LogP contribution in [-0.4, -0.2) is 56.8 Å². The van der Waals surface area contributed by atoms with Gasteiger partial charge in [-0.25, -0.2) is 8.42 Å². The standard InChI is InChI=1S/C20H22N2O4S/c1-21(17-9-4-3-5-10-17)19(23)15-7-6-8-16(13-15)20(24)22(2)18-11-12-27(25,26)14-18/h3-10,13,18H,11-12,14H2,1-2H3. The molecule has 6 nitrogen and oxygen atoms in total. The minimum absolute atomic E-state index is 0.00932. The highest BCUT2D eigenvalue weighted by atomic mass is 32.2. The molecule has 0 aliphatic carbocycles. The van der Waals surface area contributed by atoms with E-state index < -0.39 is 9.84 Å². The zero-order valence-electron chi connectivity index (χ0n) is 15.3. The van der Waals surface area contributed by atoms with Crippen LogP contribution in [0.25, 0.3) is 0 Å². The topological polar surface area (TPSA) is 74.8 Å². The van der Waals surface area contributed by atoms with Crippen LogP contribution in [0.15, 0.2) is 54.6 Å². The maximum Gasteiger partial charge on any atom is 0.258 e. The lowest BCUT2D eigenvalue weighted by Crippen LogP contribution is -2.38. The van der Waals surface area contributed by atoms with Gasteiger partial charge in [-0.15, -0.1) is 0 Å². The number of carbonyl (C=O) groups excluding carboxylic acids is 2. The first kappa shape index (κ1) is 19.1. The van der Waals surface area contributed by atoms with Gasteiger partial charge in [0.1, 0.15) is 0 Å². The molecule has 1 fully saturated rings. The number of nitrogens with zero attached hydrogens (tertiary/aromatic N) is 2. The van der Waals surface area contributed by atoms with E-state index in [2.05, 4.69) is 0 Å². The number of carbonyl (C=O) groups is 2. The molecule has 1 saturated heterocycles. The van der Waals surface area contributed by atoms with Crippen LogP contribution in [0.3, 0.4) is 0 Å². The fraction of sp³-hybridized carbons (Fsp3) is 0.300. The predicted octanol–water partition coefficient (Wildman–Crippen LogP) is 2.22. The molecular formula is C20H22N2O4S. The Bertz CT molecular complexity index is 957. The molecule has 1 aliphatic rings. The summed E-state index contributed by atoms with van der Waals surface area (Å²) >= 11 is 0. The van der Waals surface area contributed by atoms with Crippen molar-refractivity contribution in [1.29, 1.82) is 0 Å². The lowest BCUT2D eigenvalue weighted by atomic mass is 10.1. The van der Waals surface area contributed by atoms with Crippen molar-refractivity contribution in [1.82, 2.24) is 4.90 Å². The van der Waals surface area contributed by atoms with Crippen LogP contribution in [0.2, 0.25) is 0 Å². The number of para-hydroxylation sites is 1. The lowest BCUT2D eigenvalue weighted by molar-refractivity contribution is 0.0747. The number of hydrogen-bond acceptors (Lipinski definition) is 4. The van der Waals surface area contributed by atoms with Crippen molar-refractivity contribution in [2.45, 2.75) is 12.5 Å². The molecule has 1 aliphatic heterocycles. The van der Waals surface area contributed by atoms with Crippen LogP contribution < -0.4 is 4.90 Å². The van der Waals surface area contributed by atoms with Gasteiger partial charge in [-0.05, 0) is 36.8 Å². The fourth-order valence-corrected chi connectivity index (χ4v) is 4.97. The van der Waals surface area contributed by atoms with Crippen LogP contribution in [0, 0.1) is 0 Å². The van der Waals surface area contributed by atoms with Gasteiger partial charge < -0.3 is 9.80 Å².